The van der Waals surface area contributed by atoms with E-state index in [1.54, 1.807) is 28.4 Å². The molecule has 0 atom stereocenters. The Labute approximate surface area is 184 Å². The predicted octanol–water partition coefficient (Wildman–Crippen LogP) is 4.81. The van der Waals surface area contributed by atoms with Gasteiger partial charge in [-0.2, -0.15) is 0 Å². The SMILES string of the molecule is COc1cc(OC)c2nc(-c3cccc(-c4nc5c(OC)cc(OC)cc5[nH]4)c3)[nH]c2c1. The van der Waals surface area contributed by atoms with Crippen molar-refractivity contribution in [3.8, 4) is 45.8 Å². The Hall–Kier alpha value is -4.20. The number of hydrogen-bond acceptors (Lipinski definition) is 6. The third kappa shape index (κ3) is 3.26. The van der Waals surface area contributed by atoms with Gasteiger partial charge in [-0.3, -0.25) is 0 Å². The van der Waals surface area contributed by atoms with Gasteiger partial charge in [0, 0.05) is 35.4 Å². The smallest absolute Gasteiger partial charge is 0.150 e. The zero-order valence-corrected chi connectivity index (χ0v) is 18.1. The highest BCUT2D eigenvalue weighted by molar-refractivity contribution is 5.88. The van der Waals surface area contributed by atoms with E-state index in [4.69, 9.17) is 28.9 Å². The first-order valence-electron chi connectivity index (χ1n) is 9.97. The van der Waals surface area contributed by atoms with Gasteiger partial charge in [0.1, 0.15) is 45.7 Å². The van der Waals surface area contributed by atoms with Crippen molar-refractivity contribution in [3.05, 3.63) is 48.5 Å². The zero-order valence-electron chi connectivity index (χ0n) is 18.1. The van der Waals surface area contributed by atoms with Crippen LogP contribution in [-0.4, -0.2) is 48.4 Å². The Morgan fingerprint density at radius 2 is 1.06 bits per heavy atom. The van der Waals surface area contributed by atoms with Gasteiger partial charge in [0.2, 0.25) is 0 Å². The number of ether oxygens (including phenoxy) is 4. The second kappa shape index (κ2) is 7.81. The van der Waals surface area contributed by atoms with Gasteiger partial charge >= 0.3 is 0 Å². The summed E-state index contributed by atoms with van der Waals surface area (Å²) in [6, 6.07) is 15.4. The average molecular weight is 430 g/mol. The van der Waals surface area contributed by atoms with E-state index in [1.807, 2.05) is 48.5 Å². The number of nitrogens with one attached hydrogen (secondary N) is 2. The van der Waals surface area contributed by atoms with E-state index in [-0.39, 0.29) is 0 Å². The molecule has 32 heavy (non-hydrogen) atoms. The van der Waals surface area contributed by atoms with E-state index in [9.17, 15) is 0 Å². The van der Waals surface area contributed by atoms with E-state index in [2.05, 4.69) is 9.97 Å². The van der Waals surface area contributed by atoms with Crippen LogP contribution < -0.4 is 18.9 Å². The van der Waals surface area contributed by atoms with Crippen molar-refractivity contribution in [1.82, 2.24) is 19.9 Å². The number of nitrogens with zero attached hydrogens (tertiary/aromatic N) is 2. The van der Waals surface area contributed by atoms with Crippen LogP contribution in [0.15, 0.2) is 48.5 Å². The molecule has 2 aromatic heterocycles. The lowest BCUT2D eigenvalue weighted by atomic mass is 10.1. The van der Waals surface area contributed by atoms with Crippen molar-refractivity contribution in [1.29, 1.82) is 0 Å². The molecule has 162 valence electrons. The lowest BCUT2D eigenvalue weighted by Gasteiger charge is -2.03. The lowest BCUT2D eigenvalue weighted by molar-refractivity contribution is 0.397. The fourth-order valence-electron chi connectivity index (χ4n) is 3.76. The number of hydrogen-bond donors (Lipinski definition) is 2. The summed E-state index contributed by atoms with van der Waals surface area (Å²) in [4.78, 5) is 16.2. The van der Waals surface area contributed by atoms with E-state index in [1.165, 1.54) is 0 Å². The topological polar surface area (TPSA) is 94.3 Å². The van der Waals surface area contributed by atoms with Crippen LogP contribution >= 0.6 is 0 Å². The summed E-state index contributed by atoms with van der Waals surface area (Å²) in [6.45, 7) is 0. The van der Waals surface area contributed by atoms with Crippen LogP contribution in [0.5, 0.6) is 23.0 Å². The Balaban J connectivity index is 1.60. The largest absolute Gasteiger partial charge is 0.497 e. The molecule has 0 amide bonds. The Bertz CT molecular complexity index is 1330. The zero-order chi connectivity index (χ0) is 22.2. The van der Waals surface area contributed by atoms with Gasteiger partial charge in [0.15, 0.2) is 0 Å². The summed E-state index contributed by atoms with van der Waals surface area (Å²) in [7, 11) is 6.49. The summed E-state index contributed by atoms with van der Waals surface area (Å²) >= 11 is 0. The van der Waals surface area contributed by atoms with Crippen molar-refractivity contribution in [2.75, 3.05) is 28.4 Å². The van der Waals surface area contributed by atoms with Crippen molar-refractivity contribution in [2.45, 2.75) is 0 Å². The highest BCUT2D eigenvalue weighted by atomic mass is 16.5. The third-order valence-electron chi connectivity index (χ3n) is 5.37. The summed E-state index contributed by atoms with van der Waals surface area (Å²) in [5.74, 6) is 4.15. The summed E-state index contributed by atoms with van der Waals surface area (Å²) in [5, 5.41) is 0. The first-order chi connectivity index (χ1) is 15.6. The number of fused-ring (bicyclic) bond motifs is 2. The number of imidazole rings is 2. The van der Waals surface area contributed by atoms with E-state index >= 15 is 0 Å². The fraction of sp³-hybridized carbons (Fsp3) is 0.167. The number of H-pyrrole nitrogens is 2. The summed E-state index contributed by atoms with van der Waals surface area (Å²) < 4.78 is 21.7. The minimum Gasteiger partial charge on any atom is -0.497 e. The Morgan fingerprint density at radius 1 is 0.594 bits per heavy atom. The number of aromatic amines is 2. The van der Waals surface area contributed by atoms with Crippen LogP contribution in [0.1, 0.15) is 0 Å². The molecule has 8 nitrogen and oxygen atoms in total. The van der Waals surface area contributed by atoms with E-state index in [0.717, 1.165) is 44.8 Å². The molecule has 0 saturated heterocycles. The highest BCUT2D eigenvalue weighted by Gasteiger charge is 2.15. The van der Waals surface area contributed by atoms with E-state index in [0.29, 0.717) is 23.0 Å². The summed E-state index contributed by atoms with van der Waals surface area (Å²) in [5.41, 5.74) is 5.00. The van der Waals surface area contributed by atoms with Crippen LogP contribution in [0.2, 0.25) is 0 Å². The molecule has 5 aromatic rings. The molecule has 0 unspecified atom stereocenters. The predicted molar refractivity (Wildman–Crippen MR) is 123 cm³/mol. The molecule has 3 aromatic carbocycles. The van der Waals surface area contributed by atoms with Crippen LogP contribution in [0.3, 0.4) is 0 Å². The van der Waals surface area contributed by atoms with Crippen LogP contribution in [0, 0.1) is 0 Å². The monoisotopic (exact) mass is 430 g/mol. The number of aromatic nitrogens is 4. The van der Waals surface area contributed by atoms with Crippen molar-refractivity contribution in [2.24, 2.45) is 0 Å². The quantitative estimate of drug-likeness (QED) is 0.402. The fourth-order valence-corrected chi connectivity index (χ4v) is 3.76. The third-order valence-corrected chi connectivity index (χ3v) is 5.37. The van der Waals surface area contributed by atoms with Gasteiger partial charge in [0.05, 0.1) is 39.5 Å². The number of rotatable bonds is 6. The highest BCUT2D eigenvalue weighted by Crippen LogP contribution is 2.34. The summed E-state index contributed by atoms with van der Waals surface area (Å²) in [6.07, 6.45) is 0. The molecule has 0 aliphatic heterocycles. The van der Waals surface area contributed by atoms with Gasteiger partial charge < -0.3 is 28.9 Å². The minimum absolute atomic E-state index is 0.649. The van der Waals surface area contributed by atoms with Crippen LogP contribution in [-0.2, 0) is 0 Å². The molecular weight excluding hydrogens is 408 g/mol. The maximum Gasteiger partial charge on any atom is 0.150 e. The minimum atomic E-state index is 0.649. The van der Waals surface area contributed by atoms with Crippen molar-refractivity contribution >= 4 is 22.1 Å². The molecule has 0 aliphatic rings. The molecule has 8 heteroatoms. The lowest BCUT2D eigenvalue weighted by Crippen LogP contribution is -1.88. The second-order valence-corrected chi connectivity index (χ2v) is 7.20. The molecule has 0 radical (unpaired) electrons. The van der Waals surface area contributed by atoms with E-state index < -0.39 is 0 Å². The van der Waals surface area contributed by atoms with Gasteiger partial charge in [-0.25, -0.2) is 9.97 Å². The maximum atomic E-state index is 5.49. The molecule has 0 aliphatic carbocycles. The van der Waals surface area contributed by atoms with Crippen molar-refractivity contribution < 1.29 is 18.9 Å². The Morgan fingerprint density at radius 3 is 1.47 bits per heavy atom. The van der Waals surface area contributed by atoms with Crippen LogP contribution in [0.4, 0.5) is 0 Å². The normalized spacial score (nSPS) is 11.1. The molecule has 2 heterocycles. The first-order valence-corrected chi connectivity index (χ1v) is 9.97. The standard InChI is InChI=1S/C24H22N4O4/c1-29-15-9-17-21(19(11-15)31-3)27-23(25-17)13-6-5-7-14(8-13)24-26-18-10-16(30-2)12-20(32-4)22(18)28-24/h5-12H,1-4H3,(H,25,27)(H,26,28). The Kier molecular flexibility index (Phi) is 4.82. The van der Waals surface area contributed by atoms with Gasteiger partial charge in [0.25, 0.3) is 0 Å². The van der Waals surface area contributed by atoms with Gasteiger partial charge in [-0.1, -0.05) is 18.2 Å². The van der Waals surface area contributed by atoms with Crippen LogP contribution in [0.25, 0.3) is 44.8 Å². The van der Waals surface area contributed by atoms with Gasteiger partial charge in [-0.15, -0.1) is 0 Å². The molecule has 0 spiro atoms. The van der Waals surface area contributed by atoms with Crippen molar-refractivity contribution in [3.63, 3.8) is 0 Å². The maximum absolute atomic E-state index is 5.49. The number of benzene rings is 3. The average Bonchev–Trinajstić information content (AvgIpc) is 3.47. The first kappa shape index (κ1) is 19.7. The molecular formula is C24H22N4O4. The van der Waals surface area contributed by atoms with Gasteiger partial charge in [-0.05, 0) is 6.07 Å². The molecule has 0 saturated carbocycles. The number of methoxy groups -OCH3 is 4. The second-order valence-electron chi connectivity index (χ2n) is 7.20. The molecule has 5 rings (SSSR count). The molecule has 0 bridgehead atoms. The molecule has 0 fully saturated rings. The molecule has 2 N–H and O–H groups in total.